The summed E-state index contributed by atoms with van der Waals surface area (Å²) < 4.78 is 5.29. The quantitative estimate of drug-likeness (QED) is 0.643. The fraction of sp³-hybridized carbons (Fsp3) is 0.0833. The van der Waals surface area contributed by atoms with E-state index < -0.39 is 5.56 Å². The highest BCUT2D eigenvalue weighted by molar-refractivity contribution is 7.71. The van der Waals surface area contributed by atoms with Crippen molar-refractivity contribution in [3.63, 3.8) is 0 Å². The van der Waals surface area contributed by atoms with Crippen LogP contribution in [0.3, 0.4) is 0 Å². The van der Waals surface area contributed by atoms with Gasteiger partial charge in [-0.3, -0.25) is 4.79 Å². The molecule has 0 radical (unpaired) electrons. The molecule has 0 aliphatic heterocycles. The van der Waals surface area contributed by atoms with E-state index in [9.17, 15) is 4.79 Å². The van der Waals surface area contributed by atoms with Crippen LogP contribution in [0.15, 0.2) is 29.1 Å². The molecule has 2 aromatic rings. The van der Waals surface area contributed by atoms with E-state index in [1.165, 1.54) is 0 Å². The first-order valence-corrected chi connectivity index (χ1v) is 5.45. The van der Waals surface area contributed by atoms with E-state index in [0.717, 1.165) is 0 Å². The van der Waals surface area contributed by atoms with Crippen LogP contribution in [-0.4, -0.2) is 17.1 Å². The Balaban J connectivity index is 2.74. The molecule has 0 saturated carbocycles. The Hall–Kier alpha value is -2.39. The van der Waals surface area contributed by atoms with E-state index in [1.807, 2.05) is 0 Å². The molecule has 1 heterocycles. The van der Waals surface area contributed by atoms with Crippen molar-refractivity contribution >= 4 is 17.9 Å². The summed E-state index contributed by atoms with van der Waals surface area (Å²) in [6, 6.07) is 7.06. The van der Waals surface area contributed by atoms with Gasteiger partial charge >= 0.3 is 0 Å². The molecule has 0 aliphatic rings. The molecular formula is C12H9N3O2S. The van der Waals surface area contributed by atoms with Gasteiger partial charge in [0, 0.05) is 0 Å². The number of benzene rings is 1. The van der Waals surface area contributed by atoms with Crippen LogP contribution >= 0.6 is 12.2 Å². The van der Waals surface area contributed by atoms with Crippen molar-refractivity contribution in [2.45, 2.75) is 0 Å². The summed E-state index contributed by atoms with van der Waals surface area (Å²) in [4.78, 5) is 20.1. The third-order valence-electron chi connectivity index (χ3n) is 2.39. The maximum atomic E-state index is 11.6. The summed E-state index contributed by atoms with van der Waals surface area (Å²) in [5.41, 5.74) is 0.568. The van der Waals surface area contributed by atoms with Gasteiger partial charge in [-0.05, 0) is 29.9 Å². The normalized spacial score (nSPS) is 9.78. The smallest absolute Gasteiger partial charge is 0.273 e. The Bertz CT molecular complexity index is 740. The number of aromatic amines is 2. The molecule has 5 nitrogen and oxygen atoms in total. The molecule has 0 bridgehead atoms. The maximum absolute atomic E-state index is 11.6. The van der Waals surface area contributed by atoms with Crippen molar-refractivity contribution in [2.75, 3.05) is 7.11 Å². The molecule has 90 valence electrons. The van der Waals surface area contributed by atoms with Crippen molar-refractivity contribution < 1.29 is 4.74 Å². The number of hydrogen-bond acceptors (Lipinski definition) is 3. The zero-order valence-corrected chi connectivity index (χ0v) is 10.3. The first-order chi connectivity index (χ1) is 8.65. The van der Waals surface area contributed by atoms with Crippen molar-refractivity contribution in [1.29, 1.82) is 0 Å². The number of ether oxygens (including phenoxy) is 1. The SMILES string of the molecule is [C-]#[N+]c1c(-c2cccc(OC)c2)[nH]c(=S)[nH]c1=O. The Morgan fingerprint density at radius 1 is 1.39 bits per heavy atom. The van der Waals surface area contributed by atoms with Crippen LogP contribution in [-0.2, 0) is 0 Å². The number of aromatic nitrogens is 2. The van der Waals surface area contributed by atoms with Gasteiger partial charge in [-0.15, -0.1) is 0 Å². The van der Waals surface area contributed by atoms with Gasteiger partial charge in [0.05, 0.1) is 19.4 Å². The molecule has 0 saturated heterocycles. The molecule has 0 fully saturated rings. The molecule has 0 aliphatic carbocycles. The number of H-pyrrole nitrogens is 2. The lowest BCUT2D eigenvalue weighted by Crippen LogP contribution is -2.07. The summed E-state index contributed by atoms with van der Waals surface area (Å²) in [7, 11) is 1.55. The average Bonchev–Trinajstić information content (AvgIpc) is 2.38. The molecule has 0 atom stereocenters. The summed E-state index contributed by atoms with van der Waals surface area (Å²) in [5.74, 6) is 0.642. The van der Waals surface area contributed by atoms with E-state index in [0.29, 0.717) is 17.0 Å². The molecule has 18 heavy (non-hydrogen) atoms. The molecule has 6 heteroatoms. The lowest BCUT2D eigenvalue weighted by molar-refractivity contribution is 0.415. The monoisotopic (exact) mass is 259 g/mol. The third-order valence-corrected chi connectivity index (χ3v) is 2.59. The van der Waals surface area contributed by atoms with Gasteiger partial charge in [0.2, 0.25) is 0 Å². The van der Waals surface area contributed by atoms with Gasteiger partial charge in [-0.1, -0.05) is 12.1 Å². The lowest BCUT2D eigenvalue weighted by Gasteiger charge is -2.06. The fourth-order valence-electron chi connectivity index (χ4n) is 1.57. The number of rotatable bonds is 2. The molecule has 2 rings (SSSR count). The highest BCUT2D eigenvalue weighted by Gasteiger charge is 2.10. The second kappa shape index (κ2) is 4.85. The van der Waals surface area contributed by atoms with Crippen LogP contribution in [0.5, 0.6) is 5.75 Å². The first-order valence-electron chi connectivity index (χ1n) is 5.04. The van der Waals surface area contributed by atoms with Crippen molar-refractivity contribution in [3.8, 4) is 17.0 Å². The summed E-state index contributed by atoms with van der Waals surface area (Å²) in [6.07, 6.45) is 0. The Morgan fingerprint density at radius 3 is 2.83 bits per heavy atom. The highest BCUT2D eigenvalue weighted by Crippen LogP contribution is 2.27. The van der Waals surface area contributed by atoms with E-state index in [-0.39, 0.29) is 10.5 Å². The van der Waals surface area contributed by atoms with Gasteiger partial charge in [-0.25, -0.2) is 4.85 Å². The fourth-order valence-corrected chi connectivity index (χ4v) is 1.77. The summed E-state index contributed by atoms with van der Waals surface area (Å²) in [6.45, 7) is 7.06. The highest BCUT2D eigenvalue weighted by atomic mass is 32.1. The third kappa shape index (κ3) is 2.17. The van der Waals surface area contributed by atoms with Crippen LogP contribution in [0.4, 0.5) is 5.69 Å². The standard InChI is InChI=1S/C12H9N3O2S/c1-13-10-9(14-12(18)15-11(10)16)7-4-3-5-8(6-7)17-2/h3-6H,2H3,(H2,14,15,16,18). The first kappa shape index (κ1) is 12.1. The molecule has 0 amide bonds. The molecule has 1 aromatic heterocycles. The zero-order chi connectivity index (χ0) is 13.1. The van der Waals surface area contributed by atoms with E-state index >= 15 is 0 Å². The topological polar surface area (TPSA) is 62.2 Å². The average molecular weight is 259 g/mol. The second-order valence-electron chi connectivity index (χ2n) is 3.48. The van der Waals surface area contributed by atoms with Crippen molar-refractivity contribution in [2.24, 2.45) is 0 Å². The number of nitrogens with one attached hydrogen (secondary N) is 2. The number of nitrogens with zero attached hydrogens (tertiary/aromatic N) is 1. The Morgan fingerprint density at radius 2 is 2.17 bits per heavy atom. The summed E-state index contributed by atoms with van der Waals surface area (Å²) in [5, 5.41) is 0. The van der Waals surface area contributed by atoms with Crippen molar-refractivity contribution in [1.82, 2.24) is 9.97 Å². The van der Waals surface area contributed by atoms with Crippen molar-refractivity contribution in [3.05, 3.63) is 50.8 Å². The Kier molecular flexibility index (Phi) is 3.26. The van der Waals surface area contributed by atoms with Crippen LogP contribution in [0.25, 0.3) is 16.1 Å². The van der Waals surface area contributed by atoms with Crippen LogP contribution in [0.2, 0.25) is 0 Å². The Labute approximate surface area is 108 Å². The van der Waals surface area contributed by atoms with E-state index in [1.54, 1.807) is 31.4 Å². The predicted octanol–water partition coefficient (Wildman–Crippen LogP) is 2.66. The predicted molar refractivity (Wildman–Crippen MR) is 70.5 cm³/mol. The maximum Gasteiger partial charge on any atom is 0.273 e. The van der Waals surface area contributed by atoms with Gasteiger partial charge < -0.3 is 14.7 Å². The number of hydrogen-bond donors (Lipinski definition) is 2. The number of methoxy groups -OCH3 is 1. The van der Waals surface area contributed by atoms with Gasteiger partial charge in [0.25, 0.3) is 11.2 Å². The molecule has 0 spiro atoms. The van der Waals surface area contributed by atoms with Gasteiger partial charge in [0.15, 0.2) is 4.77 Å². The molecule has 1 aromatic carbocycles. The minimum Gasteiger partial charge on any atom is -0.497 e. The summed E-state index contributed by atoms with van der Waals surface area (Å²) >= 11 is 4.91. The van der Waals surface area contributed by atoms with Crippen LogP contribution in [0.1, 0.15) is 0 Å². The van der Waals surface area contributed by atoms with Gasteiger partial charge in [-0.2, -0.15) is 0 Å². The molecular weight excluding hydrogens is 250 g/mol. The van der Waals surface area contributed by atoms with Crippen LogP contribution in [0, 0.1) is 11.3 Å². The minimum atomic E-state index is -0.494. The lowest BCUT2D eigenvalue weighted by atomic mass is 10.1. The molecule has 2 N–H and O–H groups in total. The minimum absolute atomic E-state index is 0.0168. The van der Waals surface area contributed by atoms with E-state index in [4.69, 9.17) is 23.5 Å². The van der Waals surface area contributed by atoms with E-state index in [2.05, 4.69) is 14.8 Å². The van der Waals surface area contributed by atoms with Gasteiger partial charge in [0.1, 0.15) is 5.75 Å². The molecule has 0 unspecified atom stereocenters. The second-order valence-corrected chi connectivity index (χ2v) is 3.88. The van der Waals surface area contributed by atoms with Crippen LogP contribution < -0.4 is 10.3 Å². The largest absolute Gasteiger partial charge is 0.497 e. The zero-order valence-electron chi connectivity index (χ0n) is 9.48.